The Morgan fingerprint density at radius 1 is 1.10 bits per heavy atom. The van der Waals surface area contributed by atoms with Crippen LogP contribution in [0.5, 0.6) is 0 Å². The number of rotatable bonds is 9. The average Bonchev–Trinajstić information content (AvgIpc) is 3.23. The molecular weight excluding hydrogens is 412 g/mol. The number of unbranched alkanes of at least 4 members (excludes halogenated alkanes) is 1. The van der Waals surface area contributed by atoms with Crippen molar-refractivity contribution in [2.75, 3.05) is 11.3 Å². The van der Waals surface area contributed by atoms with Crippen molar-refractivity contribution in [2.45, 2.75) is 24.3 Å². The van der Waals surface area contributed by atoms with Crippen LogP contribution in [0.4, 0.5) is 5.69 Å². The van der Waals surface area contributed by atoms with E-state index in [1.165, 1.54) is 18.2 Å². The molecule has 9 heteroatoms. The Kier molecular flexibility index (Phi) is 6.90. The maximum absolute atomic E-state index is 12.6. The van der Waals surface area contributed by atoms with Crippen LogP contribution in [0.15, 0.2) is 72.1 Å². The number of sulfonamides is 1. The van der Waals surface area contributed by atoms with Crippen molar-refractivity contribution < 1.29 is 13.2 Å². The molecule has 0 bridgehead atoms. The summed E-state index contributed by atoms with van der Waals surface area (Å²) in [5, 5.41) is 3.11. The normalized spacial score (nSPS) is 11.2. The number of aromatic nitrogens is 2. The molecule has 1 aromatic heterocycles. The van der Waals surface area contributed by atoms with Gasteiger partial charge in [0.2, 0.25) is 0 Å². The van der Waals surface area contributed by atoms with Gasteiger partial charge in [0.15, 0.2) is 0 Å². The van der Waals surface area contributed by atoms with Gasteiger partial charge in [0.1, 0.15) is 0 Å². The van der Waals surface area contributed by atoms with E-state index in [0.717, 1.165) is 19.4 Å². The van der Waals surface area contributed by atoms with Gasteiger partial charge in [-0.05, 0) is 43.2 Å². The first-order valence-electron chi connectivity index (χ1n) is 9.07. The van der Waals surface area contributed by atoms with Gasteiger partial charge < -0.3 is 9.88 Å². The molecule has 0 unspecified atom stereocenters. The van der Waals surface area contributed by atoms with Crippen LogP contribution in [0.25, 0.3) is 0 Å². The number of nitrogens with one attached hydrogen (secondary N) is 2. The number of aryl methyl sites for hydroxylation is 1. The van der Waals surface area contributed by atoms with E-state index in [1.807, 2.05) is 10.8 Å². The Morgan fingerprint density at radius 2 is 1.93 bits per heavy atom. The lowest BCUT2D eigenvalue weighted by Gasteiger charge is -2.11. The summed E-state index contributed by atoms with van der Waals surface area (Å²) in [4.78, 5) is 16.3. The van der Waals surface area contributed by atoms with E-state index in [1.54, 1.807) is 42.9 Å². The van der Waals surface area contributed by atoms with Crippen LogP contribution in [-0.2, 0) is 16.6 Å². The number of imidazole rings is 1. The van der Waals surface area contributed by atoms with Crippen LogP contribution in [0, 0.1) is 0 Å². The lowest BCUT2D eigenvalue weighted by Crippen LogP contribution is -2.25. The van der Waals surface area contributed by atoms with E-state index in [0.29, 0.717) is 11.6 Å². The molecule has 0 aliphatic carbocycles. The Hall–Kier alpha value is -2.84. The van der Waals surface area contributed by atoms with E-state index in [4.69, 9.17) is 11.6 Å². The molecule has 0 atom stereocenters. The summed E-state index contributed by atoms with van der Waals surface area (Å²) in [6, 6.07) is 12.4. The topological polar surface area (TPSA) is 93.1 Å². The molecule has 0 fully saturated rings. The number of hydrogen-bond donors (Lipinski definition) is 2. The van der Waals surface area contributed by atoms with Crippen LogP contribution in [0.3, 0.4) is 0 Å². The minimum Gasteiger partial charge on any atom is -0.352 e. The van der Waals surface area contributed by atoms with Crippen LogP contribution in [0.2, 0.25) is 5.02 Å². The summed E-state index contributed by atoms with van der Waals surface area (Å²) in [5.74, 6) is -0.317. The Bertz CT molecular complexity index is 1070. The molecule has 0 radical (unpaired) electrons. The third-order valence-electron chi connectivity index (χ3n) is 4.21. The molecule has 2 aromatic carbocycles. The lowest BCUT2D eigenvalue weighted by molar-refractivity contribution is 0.0952. The number of para-hydroxylation sites is 1. The third kappa shape index (κ3) is 5.82. The quantitative estimate of drug-likeness (QED) is 0.505. The third-order valence-corrected chi connectivity index (χ3v) is 5.91. The molecule has 1 heterocycles. The van der Waals surface area contributed by atoms with E-state index in [-0.39, 0.29) is 22.1 Å². The predicted octanol–water partition coefficient (Wildman–Crippen LogP) is 3.55. The molecule has 1 amide bonds. The van der Waals surface area contributed by atoms with Crippen molar-refractivity contribution >= 4 is 33.2 Å². The van der Waals surface area contributed by atoms with Gasteiger partial charge in [0, 0.05) is 31.0 Å². The van der Waals surface area contributed by atoms with Gasteiger partial charge >= 0.3 is 0 Å². The minimum absolute atomic E-state index is 0.00909. The maximum atomic E-state index is 12.6. The monoisotopic (exact) mass is 432 g/mol. The second-order valence-electron chi connectivity index (χ2n) is 6.38. The summed E-state index contributed by atoms with van der Waals surface area (Å²) < 4.78 is 29.7. The zero-order valence-corrected chi connectivity index (χ0v) is 17.2. The first-order valence-corrected chi connectivity index (χ1v) is 10.9. The number of hydrogen-bond acceptors (Lipinski definition) is 4. The lowest BCUT2D eigenvalue weighted by atomic mass is 10.2. The summed E-state index contributed by atoms with van der Waals surface area (Å²) in [7, 11) is -3.87. The second-order valence-corrected chi connectivity index (χ2v) is 8.47. The number of anilines is 1. The highest BCUT2D eigenvalue weighted by Gasteiger charge is 2.17. The van der Waals surface area contributed by atoms with E-state index < -0.39 is 10.0 Å². The molecule has 152 valence electrons. The van der Waals surface area contributed by atoms with Gasteiger partial charge in [-0.2, -0.15) is 0 Å². The SMILES string of the molecule is O=C(NCCCCn1ccnc1)c1cccc(S(=O)(=O)Nc2ccccc2Cl)c1. The largest absolute Gasteiger partial charge is 0.352 e. The zero-order valence-electron chi connectivity index (χ0n) is 15.6. The molecule has 29 heavy (non-hydrogen) atoms. The first-order chi connectivity index (χ1) is 14.0. The summed E-state index contributed by atoms with van der Waals surface area (Å²) in [5.41, 5.74) is 0.559. The van der Waals surface area contributed by atoms with Crippen molar-refractivity contribution in [3.05, 3.63) is 77.8 Å². The molecule has 3 rings (SSSR count). The summed E-state index contributed by atoms with van der Waals surface area (Å²) in [6.07, 6.45) is 7.06. The number of nitrogens with zero attached hydrogens (tertiary/aromatic N) is 2. The van der Waals surface area contributed by atoms with Crippen molar-refractivity contribution in [3.63, 3.8) is 0 Å². The molecule has 7 nitrogen and oxygen atoms in total. The minimum atomic E-state index is -3.87. The molecule has 0 saturated carbocycles. The molecule has 0 aliphatic rings. The van der Waals surface area contributed by atoms with Crippen LogP contribution in [-0.4, -0.2) is 30.4 Å². The fourth-order valence-corrected chi connectivity index (χ4v) is 4.06. The van der Waals surface area contributed by atoms with Gasteiger partial charge in [-0.1, -0.05) is 29.8 Å². The maximum Gasteiger partial charge on any atom is 0.261 e. The number of carbonyl (C=O) groups is 1. The summed E-state index contributed by atoms with van der Waals surface area (Å²) >= 11 is 6.02. The van der Waals surface area contributed by atoms with Gasteiger partial charge in [-0.3, -0.25) is 9.52 Å². The number of halogens is 1. The second kappa shape index (κ2) is 9.58. The first kappa shape index (κ1) is 20.9. The molecule has 0 saturated heterocycles. The zero-order chi connectivity index (χ0) is 20.7. The summed E-state index contributed by atoms with van der Waals surface area (Å²) in [6.45, 7) is 1.33. The van der Waals surface area contributed by atoms with Crippen molar-refractivity contribution in [3.8, 4) is 0 Å². The van der Waals surface area contributed by atoms with Gasteiger partial charge in [0.05, 0.1) is 21.9 Å². The molecule has 3 aromatic rings. The highest BCUT2D eigenvalue weighted by Crippen LogP contribution is 2.24. The molecule has 2 N–H and O–H groups in total. The Labute approximate surface area is 174 Å². The van der Waals surface area contributed by atoms with Crippen LogP contribution in [0.1, 0.15) is 23.2 Å². The highest BCUT2D eigenvalue weighted by atomic mass is 35.5. The predicted molar refractivity (Wildman–Crippen MR) is 112 cm³/mol. The Morgan fingerprint density at radius 3 is 2.69 bits per heavy atom. The van der Waals surface area contributed by atoms with Crippen molar-refractivity contribution in [1.82, 2.24) is 14.9 Å². The van der Waals surface area contributed by atoms with Gasteiger partial charge in [-0.25, -0.2) is 13.4 Å². The average molecular weight is 433 g/mol. The number of benzene rings is 2. The smallest absolute Gasteiger partial charge is 0.261 e. The fraction of sp³-hybridized carbons (Fsp3) is 0.200. The molecule has 0 spiro atoms. The van der Waals surface area contributed by atoms with E-state index >= 15 is 0 Å². The van der Waals surface area contributed by atoms with E-state index in [2.05, 4.69) is 15.0 Å². The molecular formula is C20H21ClN4O3S. The standard InChI is InChI=1S/C20H21ClN4O3S/c21-18-8-1-2-9-19(18)24-29(27,28)17-7-5-6-16(14-17)20(26)23-10-3-4-12-25-13-11-22-15-25/h1-2,5-9,11,13-15,24H,3-4,10,12H2,(H,23,26). The fourth-order valence-electron chi connectivity index (χ4n) is 2.69. The Balaban J connectivity index is 1.58. The number of amides is 1. The highest BCUT2D eigenvalue weighted by molar-refractivity contribution is 7.92. The van der Waals surface area contributed by atoms with Crippen molar-refractivity contribution in [1.29, 1.82) is 0 Å². The van der Waals surface area contributed by atoms with Crippen LogP contribution < -0.4 is 10.0 Å². The number of carbonyl (C=O) groups excluding carboxylic acids is 1. The molecule has 0 aliphatic heterocycles. The van der Waals surface area contributed by atoms with Crippen molar-refractivity contribution in [2.24, 2.45) is 0 Å². The van der Waals surface area contributed by atoms with Gasteiger partial charge in [-0.15, -0.1) is 0 Å². The van der Waals surface area contributed by atoms with Crippen LogP contribution >= 0.6 is 11.6 Å². The van der Waals surface area contributed by atoms with Gasteiger partial charge in [0.25, 0.3) is 15.9 Å². The van der Waals surface area contributed by atoms with E-state index in [9.17, 15) is 13.2 Å².